The maximum atomic E-state index is 12.6. The lowest BCUT2D eigenvalue weighted by molar-refractivity contribution is 0.0895. The molecule has 0 saturated heterocycles. The summed E-state index contributed by atoms with van der Waals surface area (Å²) in [5.74, 6) is 0.0866. The van der Waals surface area contributed by atoms with Crippen molar-refractivity contribution in [3.8, 4) is 0 Å². The van der Waals surface area contributed by atoms with Crippen LogP contribution >= 0.6 is 12.4 Å². The Kier molecular flexibility index (Phi) is 7.60. The molecule has 0 heterocycles. The third-order valence-corrected chi connectivity index (χ3v) is 5.35. The Hall–Kier alpha value is -1.93. The summed E-state index contributed by atoms with van der Waals surface area (Å²) in [6, 6.07) is 14.3. The van der Waals surface area contributed by atoms with Crippen molar-refractivity contribution in [2.45, 2.75) is 18.9 Å². The molecule has 152 valence electrons. The lowest BCUT2D eigenvalue weighted by Gasteiger charge is -2.24. The molecule has 2 atom stereocenters. The summed E-state index contributed by atoms with van der Waals surface area (Å²) in [4.78, 5) is 12.6. The van der Waals surface area contributed by atoms with Gasteiger partial charge in [-0.2, -0.15) is 0 Å². The second-order valence-corrected chi connectivity index (χ2v) is 8.68. The molecule has 1 aliphatic rings. The smallest absolute Gasteiger partial charge is 0.229 e. The molecule has 2 aromatic rings. The van der Waals surface area contributed by atoms with Crippen LogP contribution in [0.25, 0.3) is 0 Å². The van der Waals surface area contributed by atoms with Crippen LogP contribution in [0.5, 0.6) is 0 Å². The molecule has 3 N–H and O–H groups in total. The van der Waals surface area contributed by atoms with Crippen molar-refractivity contribution in [1.29, 1.82) is 0 Å². The van der Waals surface area contributed by atoms with Crippen molar-refractivity contribution >= 4 is 33.9 Å². The first-order valence-corrected chi connectivity index (χ1v) is 10.8. The summed E-state index contributed by atoms with van der Waals surface area (Å²) >= 11 is 0. The summed E-state index contributed by atoms with van der Waals surface area (Å²) in [7, 11) is -3.32. The number of aliphatic hydroxyl groups is 1. The summed E-state index contributed by atoms with van der Waals surface area (Å²) < 4.78 is 24.8. The molecule has 0 aromatic heterocycles. The van der Waals surface area contributed by atoms with Crippen LogP contribution in [0, 0.1) is 5.92 Å². The highest BCUT2D eigenvalue weighted by Crippen LogP contribution is 2.25. The number of ketones is 1. The van der Waals surface area contributed by atoms with Gasteiger partial charge in [0.05, 0.1) is 12.4 Å². The fourth-order valence-electron chi connectivity index (χ4n) is 3.35. The van der Waals surface area contributed by atoms with Gasteiger partial charge in [-0.15, -0.1) is 12.4 Å². The van der Waals surface area contributed by atoms with E-state index in [1.165, 1.54) is 0 Å². The minimum Gasteiger partial charge on any atom is -0.387 e. The van der Waals surface area contributed by atoms with Gasteiger partial charge < -0.3 is 10.4 Å². The summed E-state index contributed by atoms with van der Waals surface area (Å²) in [6.45, 7) is 0.849. The minimum absolute atomic E-state index is 0. The van der Waals surface area contributed by atoms with E-state index in [1.807, 2.05) is 24.3 Å². The number of hydrogen-bond donors (Lipinski definition) is 3. The molecule has 0 saturated carbocycles. The van der Waals surface area contributed by atoms with E-state index in [2.05, 4.69) is 10.0 Å². The Morgan fingerprint density at radius 3 is 2.50 bits per heavy atom. The van der Waals surface area contributed by atoms with Gasteiger partial charge >= 0.3 is 0 Å². The maximum Gasteiger partial charge on any atom is 0.229 e. The first-order valence-electron chi connectivity index (χ1n) is 8.92. The van der Waals surface area contributed by atoms with Gasteiger partial charge in [-0.1, -0.05) is 36.4 Å². The number of sulfonamides is 1. The Morgan fingerprint density at radius 2 is 1.82 bits per heavy atom. The van der Waals surface area contributed by atoms with Crippen LogP contribution < -0.4 is 10.0 Å². The van der Waals surface area contributed by atoms with E-state index in [-0.39, 0.29) is 24.1 Å². The van der Waals surface area contributed by atoms with Crippen LogP contribution in [0.3, 0.4) is 0 Å². The molecule has 0 amide bonds. The van der Waals surface area contributed by atoms with Crippen LogP contribution in [0.15, 0.2) is 48.5 Å². The normalized spacial score (nSPS) is 17.4. The zero-order chi connectivity index (χ0) is 19.4. The lowest BCUT2D eigenvalue weighted by Crippen LogP contribution is -2.34. The minimum atomic E-state index is -3.32. The van der Waals surface area contributed by atoms with Gasteiger partial charge in [-0.3, -0.25) is 9.52 Å². The van der Waals surface area contributed by atoms with Crippen molar-refractivity contribution in [2.75, 3.05) is 24.1 Å². The second kappa shape index (κ2) is 9.52. The van der Waals surface area contributed by atoms with Crippen molar-refractivity contribution in [3.63, 3.8) is 0 Å². The predicted octanol–water partition coefficient (Wildman–Crippen LogP) is 2.55. The van der Waals surface area contributed by atoms with Crippen LogP contribution in [0.1, 0.15) is 34.0 Å². The maximum absolute atomic E-state index is 12.6. The standard InChI is InChI=1S/C20H24N2O4S.ClH/c1-27(25,26)22-17-10-8-15(9-11-17)19(23)13-21-12-16-7-6-14-4-2-3-5-18(14)20(16)24;/h2-5,8-11,16,19,21-23H,6-7,12-13H2,1H3;1H. The Morgan fingerprint density at radius 1 is 1.14 bits per heavy atom. The predicted molar refractivity (Wildman–Crippen MR) is 113 cm³/mol. The van der Waals surface area contributed by atoms with Crippen LogP contribution in [0.2, 0.25) is 0 Å². The number of benzene rings is 2. The highest BCUT2D eigenvalue weighted by Gasteiger charge is 2.26. The number of aryl methyl sites for hydroxylation is 1. The Bertz CT molecular complexity index is 916. The van der Waals surface area contributed by atoms with E-state index in [1.54, 1.807) is 24.3 Å². The zero-order valence-electron chi connectivity index (χ0n) is 15.6. The van der Waals surface area contributed by atoms with Crippen molar-refractivity contribution < 1.29 is 18.3 Å². The lowest BCUT2D eigenvalue weighted by atomic mass is 9.83. The number of Topliss-reactive ketones (excluding diaryl/α,β-unsaturated/α-hetero) is 1. The molecule has 28 heavy (non-hydrogen) atoms. The van der Waals surface area contributed by atoms with Crippen LogP contribution in [0.4, 0.5) is 5.69 Å². The van der Waals surface area contributed by atoms with Crippen molar-refractivity contribution in [1.82, 2.24) is 5.32 Å². The van der Waals surface area contributed by atoms with E-state index >= 15 is 0 Å². The number of aliphatic hydroxyl groups excluding tert-OH is 1. The van der Waals surface area contributed by atoms with Crippen molar-refractivity contribution in [2.24, 2.45) is 5.92 Å². The molecule has 3 rings (SSSR count). The van der Waals surface area contributed by atoms with Gasteiger partial charge in [-0.05, 0) is 36.1 Å². The number of carbonyl (C=O) groups excluding carboxylic acids is 1. The average molecular weight is 425 g/mol. The summed E-state index contributed by atoms with van der Waals surface area (Å²) in [5, 5.41) is 13.5. The monoisotopic (exact) mass is 424 g/mol. The van der Waals surface area contributed by atoms with E-state index in [9.17, 15) is 18.3 Å². The fraction of sp³-hybridized carbons (Fsp3) is 0.350. The molecule has 8 heteroatoms. The summed E-state index contributed by atoms with van der Waals surface area (Å²) in [6.07, 6.45) is 2.06. The molecule has 0 radical (unpaired) electrons. The van der Waals surface area contributed by atoms with Gasteiger partial charge in [0.25, 0.3) is 0 Å². The number of carbonyl (C=O) groups is 1. The first kappa shape index (κ1) is 22.4. The van der Waals surface area contributed by atoms with E-state index in [4.69, 9.17) is 0 Å². The van der Waals surface area contributed by atoms with Gasteiger partial charge in [-0.25, -0.2) is 8.42 Å². The SMILES string of the molecule is CS(=O)(=O)Nc1ccc(C(O)CNCC2CCc3ccccc3C2=O)cc1.Cl. The highest BCUT2D eigenvalue weighted by atomic mass is 35.5. The molecular formula is C20H25ClN2O4S. The number of fused-ring (bicyclic) bond motifs is 1. The van der Waals surface area contributed by atoms with Gasteiger partial charge in [0.1, 0.15) is 0 Å². The second-order valence-electron chi connectivity index (χ2n) is 6.93. The number of halogens is 1. The average Bonchev–Trinajstić information content (AvgIpc) is 2.63. The van der Waals surface area contributed by atoms with Gasteiger partial charge in [0, 0.05) is 30.3 Å². The first-order chi connectivity index (χ1) is 12.8. The Balaban J connectivity index is 0.00000280. The van der Waals surface area contributed by atoms with Crippen LogP contribution in [-0.4, -0.2) is 38.7 Å². The van der Waals surface area contributed by atoms with Gasteiger partial charge in [0.15, 0.2) is 5.78 Å². The molecule has 6 nitrogen and oxygen atoms in total. The molecule has 0 fully saturated rings. The molecule has 0 aliphatic heterocycles. The number of hydrogen-bond acceptors (Lipinski definition) is 5. The van der Waals surface area contributed by atoms with E-state index in [0.29, 0.717) is 24.3 Å². The number of rotatable bonds is 7. The highest BCUT2D eigenvalue weighted by molar-refractivity contribution is 7.92. The Labute approximate surface area is 171 Å². The largest absolute Gasteiger partial charge is 0.387 e. The van der Waals surface area contributed by atoms with E-state index < -0.39 is 16.1 Å². The molecule has 2 unspecified atom stereocenters. The molecule has 2 aromatic carbocycles. The zero-order valence-corrected chi connectivity index (χ0v) is 17.2. The van der Waals surface area contributed by atoms with Crippen molar-refractivity contribution in [3.05, 3.63) is 65.2 Å². The number of nitrogens with one attached hydrogen (secondary N) is 2. The third kappa shape index (κ3) is 5.78. The molecule has 0 spiro atoms. The quantitative estimate of drug-likeness (QED) is 0.634. The number of anilines is 1. The van der Waals surface area contributed by atoms with Crippen LogP contribution in [-0.2, 0) is 16.4 Å². The third-order valence-electron chi connectivity index (χ3n) is 4.74. The van der Waals surface area contributed by atoms with E-state index in [0.717, 1.165) is 30.2 Å². The molecular weight excluding hydrogens is 400 g/mol. The topological polar surface area (TPSA) is 95.5 Å². The molecule has 1 aliphatic carbocycles. The molecule has 0 bridgehead atoms. The van der Waals surface area contributed by atoms with Gasteiger partial charge in [0.2, 0.25) is 10.0 Å². The fourth-order valence-corrected chi connectivity index (χ4v) is 3.92. The summed E-state index contributed by atoms with van der Waals surface area (Å²) in [5.41, 5.74) is 3.06.